The predicted octanol–water partition coefficient (Wildman–Crippen LogP) is 4.33. The van der Waals surface area contributed by atoms with Gasteiger partial charge in [0.1, 0.15) is 17.0 Å². The average molecular weight is 465 g/mol. The van der Waals surface area contributed by atoms with Gasteiger partial charge in [-0.05, 0) is 69.9 Å². The van der Waals surface area contributed by atoms with Gasteiger partial charge >= 0.3 is 5.97 Å². The molecule has 1 unspecified atom stereocenters. The molecule has 3 atom stereocenters. The van der Waals surface area contributed by atoms with E-state index in [9.17, 15) is 9.59 Å². The summed E-state index contributed by atoms with van der Waals surface area (Å²) in [5, 5.41) is 0. The van der Waals surface area contributed by atoms with Crippen LogP contribution in [0.1, 0.15) is 67.4 Å². The number of hydrogen-bond acceptors (Lipinski definition) is 6. The van der Waals surface area contributed by atoms with E-state index in [1.54, 1.807) is 25.3 Å². The van der Waals surface area contributed by atoms with Gasteiger partial charge in [-0.15, -0.1) is 0 Å². The van der Waals surface area contributed by atoms with Crippen LogP contribution < -0.4 is 16.0 Å². The molecule has 1 saturated carbocycles. The summed E-state index contributed by atoms with van der Waals surface area (Å²) in [7, 11) is 1.57. The lowest BCUT2D eigenvalue weighted by molar-refractivity contribution is -0.168. The molecule has 0 aromatic heterocycles. The third kappa shape index (κ3) is 4.66. The Hall–Kier alpha value is -3.32. The molecule has 7 heteroatoms. The molecule has 2 aromatic rings. The Morgan fingerprint density at radius 3 is 2.53 bits per heavy atom. The highest BCUT2D eigenvalue weighted by atomic mass is 16.7. The molecule has 2 aliphatic rings. The molecule has 4 rings (SSSR count). The Labute approximate surface area is 200 Å². The van der Waals surface area contributed by atoms with E-state index in [1.165, 1.54) is 0 Å². The number of ether oxygens (including phenoxy) is 2. The first-order valence-corrected chi connectivity index (χ1v) is 11.6. The number of esters is 1. The molecule has 34 heavy (non-hydrogen) atoms. The van der Waals surface area contributed by atoms with E-state index in [2.05, 4.69) is 5.48 Å². The minimum absolute atomic E-state index is 0.223. The maximum atomic E-state index is 13.3. The van der Waals surface area contributed by atoms with Gasteiger partial charge in [-0.1, -0.05) is 30.3 Å². The van der Waals surface area contributed by atoms with Crippen molar-refractivity contribution in [3.63, 3.8) is 0 Å². The fourth-order valence-corrected chi connectivity index (χ4v) is 5.00. The van der Waals surface area contributed by atoms with E-state index in [1.807, 2.05) is 57.2 Å². The minimum Gasteiger partial charge on any atom is -0.496 e. The summed E-state index contributed by atoms with van der Waals surface area (Å²) in [6.45, 7) is 5.64. The maximum absolute atomic E-state index is 13.3. The van der Waals surface area contributed by atoms with Crippen LogP contribution in [0.25, 0.3) is 5.70 Å². The van der Waals surface area contributed by atoms with Gasteiger partial charge in [0.2, 0.25) is 5.91 Å². The number of benzene rings is 2. The van der Waals surface area contributed by atoms with Crippen molar-refractivity contribution in [2.24, 2.45) is 11.7 Å². The lowest BCUT2D eigenvalue weighted by Crippen LogP contribution is -2.47. The van der Waals surface area contributed by atoms with Crippen molar-refractivity contribution in [1.29, 1.82) is 0 Å². The van der Waals surface area contributed by atoms with E-state index < -0.39 is 17.1 Å². The van der Waals surface area contributed by atoms with Gasteiger partial charge in [0.05, 0.1) is 18.7 Å². The van der Waals surface area contributed by atoms with Gasteiger partial charge in [-0.3, -0.25) is 19.9 Å². The van der Waals surface area contributed by atoms with Crippen LogP contribution in [0.5, 0.6) is 5.75 Å². The molecule has 1 aliphatic heterocycles. The van der Waals surface area contributed by atoms with Crippen LogP contribution in [0, 0.1) is 5.92 Å². The Morgan fingerprint density at radius 2 is 1.88 bits per heavy atom. The van der Waals surface area contributed by atoms with Gasteiger partial charge in [0.15, 0.2) is 0 Å². The second kappa shape index (κ2) is 9.14. The highest BCUT2D eigenvalue weighted by molar-refractivity contribution is 5.94. The number of hydrogen-bond donors (Lipinski definition) is 2. The number of nitrogens with one attached hydrogen (secondary N) is 1. The normalized spacial score (nSPS) is 24.3. The van der Waals surface area contributed by atoms with Crippen LogP contribution in [-0.4, -0.2) is 30.2 Å². The van der Waals surface area contributed by atoms with Gasteiger partial charge in [0.25, 0.3) is 0 Å². The van der Waals surface area contributed by atoms with E-state index in [0.29, 0.717) is 29.0 Å². The van der Waals surface area contributed by atoms with Gasteiger partial charge in [0, 0.05) is 17.0 Å². The molecule has 180 valence electrons. The van der Waals surface area contributed by atoms with E-state index in [4.69, 9.17) is 20.0 Å². The fraction of sp³-hybridized carbons (Fsp3) is 0.407. The van der Waals surface area contributed by atoms with Gasteiger partial charge in [-0.25, -0.2) is 0 Å². The number of carbonyl (C=O) groups is 2. The van der Waals surface area contributed by atoms with Crippen molar-refractivity contribution in [3.05, 3.63) is 71.3 Å². The van der Waals surface area contributed by atoms with Gasteiger partial charge in [-0.2, -0.15) is 0 Å². The number of primary amides is 1. The zero-order chi connectivity index (χ0) is 24.5. The molecule has 1 fully saturated rings. The molecule has 1 spiro atoms. The molecule has 0 radical (unpaired) electrons. The van der Waals surface area contributed by atoms with Crippen LogP contribution in [-0.2, 0) is 14.4 Å². The summed E-state index contributed by atoms with van der Waals surface area (Å²) < 4.78 is 11.3. The Morgan fingerprint density at radius 1 is 1.15 bits per heavy atom. The topological polar surface area (TPSA) is 99.9 Å². The first-order chi connectivity index (χ1) is 16.1. The third-order valence-corrected chi connectivity index (χ3v) is 6.39. The zero-order valence-electron chi connectivity index (χ0n) is 20.1. The fourth-order valence-electron chi connectivity index (χ4n) is 5.00. The summed E-state index contributed by atoms with van der Waals surface area (Å²) in [4.78, 5) is 31.4. The lowest BCUT2D eigenvalue weighted by atomic mass is 9.65. The summed E-state index contributed by atoms with van der Waals surface area (Å²) in [5.74, 6) is -0.790. The minimum atomic E-state index is -0.774. The Bertz CT molecular complexity index is 1110. The van der Waals surface area contributed by atoms with Crippen molar-refractivity contribution >= 4 is 17.6 Å². The smallest absolute Gasteiger partial charge is 0.310 e. The monoisotopic (exact) mass is 464 g/mol. The van der Waals surface area contributed by atoms with Crippen LogP contribution >= 0.6 is 0 Å². The summed E-state index contributed by atoms with van der Waals surface area (Å²) >= 11 is 0. The number of hydroxylamine groups is 1. The second-order valence-electron chi connectivity index (χ2n) is 9.92. The van der Waals surface area contributed by atoms with E-state index in [-0.39, 0.29) is 17.8 Å². The lowest BCUT2D eigenvalue weighted by Gasteiger charge is -2.43. The first-order valence-electron chi connectivity index (χ1n) is 11.6. The van der Waals surface area contributed by atoms with Crippen molar-refractivity contribution in [2.75, 3.05) is 7.11 Å². The van der Waals surface area contributed by atoms with E-state index >= 15 is 0 Å². The largest absolute Gasteiger partial charge is 0.496 e. The summed E-state index contributed by atoms with van der Waals surface area (Å²) in [6, 6.07) is 15.0. The van der Waals surface area contributed by atoms with Crippen molar-refractivity contribution in [2.45, 2.75) is 57.2 Å². The van der Waals surface area contributed by atoms with Crippen molar-refractivity contribution < 1.29 is 23.9 Å². The number of nitrogens with two attached hydrogens (primary N) is 1. The van der Waals surface area contributed by atoms with Gasteiger partial charge < -0.3 is 15.2 Å². The SMILES string of the molecule is COc1ccc(C(N)=O)cc1C1=C[C@]2(CCCC(C(=O)OC(C)(C)C)[C@H]2c2ccccc2)ON1. The van der Waals surface area contributed by atoms with Crippen LogP contribution in [0.2, 0.25) is 0 Å². The number of methoxy groups -OCH3 is 1. The molecule has 3 N–H and O–H groups in total. The number of amides is 1. The molecular formula is C27H32N2O5. The molecule has 0 saturated heterocycles. The first kappa shape index (κ1) is 23.8. The van der Waals surface area contributed by atoms with Crippen LogP contribution in [0.3, 0.4) is 0 Å². The quantitative estimate of drug-likeness (QED) is 0.639. The maximum Gasteiger partial charge on any atom is 0.310 e. The highest BCUT2D eigenvalue weighted by Gasteiger charge is 2.52. The Kier molecular flexibility index (Phi) is 6.41. The molecule has 1 aliphatic carbocycles. The third-order valence-electron chi connectivity index (χ3n) is 6.39. The number of rotatable bonds is 5. The summed E-state index contributed by atoms with van der Waals surface area (Å²) in [6.07, 6.45) is 4.25. The van der Waals surface area contributed by atoms with E-state index in [0.717, 1.165) is 18.4 Å². The molecule has 1 heterocycles. The predicted molar refractivity (Wildman–Crippen MR) is 129 cm³/mol. The summed E-state index contributed by atoms with van der Waals surface area (Å²) in [5.41, 5.74) is 9.93. The molecular weight excluding hydrogens is 432 g/mol. The molecule has 1 amide bonds. The molecule has 7 nitrogen and oxygen atoms in total. The molecule has 0 bridgehead atoms. The van der Waals surface area contributed by atoms with Crippen LogP contribution in [0.15, 0.2) is 54.6 Å². The average Bonchev–Trinajstić information content (AvgIpc) is 3.21. The van der Waals surface area contributed by atoms with Crippen molar-refractivity contribution in [3.8, 4) is 5.75 Å². The standard InChI is InChI=1S/C27H32N2O5/c1-26(2,3)33-25(31)19-11-8-14-27(23(19)17-9-6-5-7-10-17)16-21(29-34-27)20-15-18(24(28)30)12-13-22(20)32-4/h5-7,9-10,12-13,15-16,19,23,29H,8,11,14H2,1-4H3,(H2,28,30)/t19?,23-,27+/m1/s1. The highest BCUT2D eigenvalue weighted by Crippen LogP contribution is 2.51. The number of carbonyl (C=O) groups excluding carboxylic acids is 2. The zero-order valence-corrected chi connectivity index (χ0v) is 20.1. The molecule has 2 aromatic carbocycles. The second-order valence-corrected chi connectivity index (χ2v) is 9.92. The van der Waals surface area contributed by atoms with Crippen LogP contribution in [0.4, 0.5) is 0 Å². The van der Waals surface area contributed by atoms with Crippen molar-refractivity contribution in [1.82, 2.24) is 5.48 Å². The Balaban J connectivity index is 1.79.